The zero-order valence-electron chi connectivity index (χ0n) is 17.1. The predicted octanol–water partition coefficient (Wildman–Crippen LogP) is 1.53. The Labute approximate surface area is 176 Å². The molecule has 0 saturated carbocycles. The van der Waals surface area contributed by atoms with Crippen molar-refractivity contribution in [1.82, 2.24) is 19.7 Å². The number of hydrogen-bond donors (Lipinski definition) is 2. The topological polar surface area (TPSA) is 124 Å². The number of rotatable bonds is 13. The van der Waals surface area contributed by atoms with Gasteiger partial charge in [0.1, 0.15) is 0 Å². The van der Waals surface area contributed by atoms with E-state index in [1.54, 1.807) is 24.3 Å². The lowest BCUT2D eigenvalue weighted by Gasteiger charge is -2.16. The van der Waals surface area contributed by atoms with Crippen molar-refractivity contribution < 1.29 is 22.7 Å². The summed E-state index contributed by atoms with van der Waals surface area (Å²) in [6.45, 7) is 8.68. The van der Waals surface area contributed by atoms with Gasteiger partial charge >= 0.3 is 0 Å². The number of carbonyl (C=O) groups excluding carboxylic acids is 1. The lowest BCUT2D eigenvalue weighted by molar-refractivity contribution is -0.145. The Balaban J connectivity index is 1.95. The van der Waals surface area contributed by atoms with Crippen molar-refractivity contribution in [3.05, 3.63) is 54.4 Å². The van der Waals surface area contributed by atoms with Gasteiger partial charge in [-0.25, -0.2) is 17.8 Å². The first-order valence-corrected chi connectivity index (χ1v) is 11.1. The minimum atomic E-state index is -3.44. The first-order valence-electron chi connectivity index (χ1n) is 9.48. The smallest absolute Gasteiger partial charge is 0.277 e. The molecular formula is C19H27N5O5S. The summed E-state index contributed by atoms with van der Waals surface area (Å²) in [5.41, 5.74) is 1.24. The van der Waals surface area contributed by atoms with Crippen LogP contribution in [-0.2, 0) is 31.8 Å². The summed E-state index contributed by atoms with van der Waals surface area (Å²) < 4.78 is 38.6. The van der Waals surface area contributed by atoms with E-state index in [1.807, 2.05) is 13.8 Å². The standard InChI is InChI=1S/C19H27N5O5S/c1-4-11-20-30(26,27)14-15-7-9-16(10-8-15)21-19(25)17-12-24(23-22-17)13-18(28-5-2)29-6-3/h4,7-10,12,18,20H,1,5-6,11,13-14H2,2-3H3,(H,21,25). The first kappa shape index (κ1) is 23.7. The van der Waals surface area contributed by atoms with Crippen molar-refractivity contribution in [2.24, 2.45) is 0 Å². The second-order valence-electron chi connectivity index (χ2n) is 6.21. The number of sulfonamides is 1. The minimum absolute atomic E-state index is 0.141. The van der Waals surface area contributed by atoms with Crippen LogP contribution >= 0.6 is 0 Å². The Bertz CT molecular complexity index is 921. The Morgan fingerprint density at radius 3 is 2.50 bits per heavy atom. The summed E-state index contributed by atoms with van der Waals surface area (Å²) in [6, 6.07) is 6.52. The van der Waals surface area contributed by atoms with E-state index in [0.717, 1.165) is 0 Å². The third kappa shape index (κ3) is 7.67. The zero-order chi connectivity index (χ0) is 22.0. The van der Waals surface area contributed by atoms with Crippen LogP contribution in [0.2, 0.25) is 0 Å². The fourth-order valence-corrected chi connectivity index (χ4v) is 3.61. The summed E-state index contributed by atoms with van der Waals surface area (Å²) in [5.74, 6) is -0.594. The lowest BCUT2D eigenvalue weighted by atomic mass is 10.2. The quantitative estimate of drug-likeness (QED) is 0.360. The molecule has 10 nitrogen and oxygen atoms in total. The zero-order valence-corrected chi connectivity index (χ0v) is 17.9. The van der Waals surface area contributed by atoms with E-state index in [2.05, 4.69) is 26.9 Å². The molecule has 1 amide bonds. The molecule has 0 bridgehead atoms. The van der Waals surface area contributed by atoms with Crippen molar-refractivity contribution in [2.75, 3.05) is 25.1 Å². The fourth-order valence-electron chi connectivity index (χ4n) is 2.51. The molecule has 0 spiro atoms. The maximum atomic E-state index is 12.4. The average Bonchev–Trinajstić information content (AvgIpc) is 3.17. The van der Waals surface area contributed by atoms with Gasteiger partial charge in [0.2, 0.25) is 10.0 Å². The van der Waals surface area contributed by atoms with Crippen LogP contribution in [0.5, 0.6) is 0 Å². The van der Waals surface area contributed by atoms with Crippen LogP contribution in [0.4, 0.5) is 5.69 Å². The summed E-state index contributed by atoms with van der Waals surface area (Å²) >= 11 is 0. The van der Waals surface area contributed by atoms with Gasteiger partial charge in [-0.3, -0.25) is 4.79 Å². The molecule has 1 aromatic heterocycles. The predicted molar refractivity (Wildman–Crippen MR) is 112 cm³/mol. The van der Waals surface area contributed by atoms with E-state index in [1.165, 1.54) is 17.0 Å². The number of amides is 1. The van der Waals surface area contributed by atoms with E-state index < -0.39 is 22.2 Å². The third-order valence-electron chi connectivity index (χ3n) is 3.83. The Hall–Kier alpha value is -2.60. The minimum Gasteiger partial charge on any atom is -0.351 e. The molecule has 0 unspecified atom stereocenters. The van der Waals surface area contributed by atoms with E-state index in [-0.39, 0.29) is 18.0 Å². The van der Waals surface area contributed by atoms with Gasteiger partial charge in [0.25, 0.3) is 5.91 Å². The molecule has 2 N–H and O–H groups in total. The van der Waals surface area contributed by atoms with E-state index >= 15 is 0 Å². The highest BCUT2D eigenvalue weighted by atomic mass is 32.2. The highest BCUT2D eigenvalue weighted by Gasteiger charge is 2.15. The third-order valence-corrected chi connectivity index (χ3v) is 5.15. The number of nitrogens with zero attached hydrogens (tertiary/aromatic N) is 3. The summed E-state index contributed by atoms with van der Waals surface area (Å²) in [6.07, 6.45) is 2.51. The molecule has 2 aromatic rings. The maximum Gasteiger partial charge on any atom is 0.277 e. The SMILES string of the molecule is C=CCNS(=O)(=O)Cc1ccc(NC(=O)c2cn(CC(OCC)OCC)nn2)cc1. The summed E-state index contributed by atoms with van der Waals surface area (Å²) in [7, 11) is -3.44. The van der Waals surface area contributed by atoms with Crippen LogP contribution in [0, 0.1) is 0 Å². The average molecular weight is 438 g/mol. The van der Waals surface area contributed by atoms with E-state index in [0.29, 0.717) is 31.0 Å². The second kappa shape index (κ2) is 11.6. The Kier molecular flexibility index (Phi) is 9.12. The molecule has 0 aliphatic rings. The normalized spacial score (nSPS) is 11.6. The molecule has 0 aliphatic carbocycles. The highest BCUT2D eigenvalue weighted by Crippen LogP contribution is 2.13. The lowest BCUT2D eigenvalue weighted by Crippen LogP contribution is -2.25. The van der Waals surface area contributed by atoms with Crippen molar-refractivity contribution in [3.8, 4) is 0 Å². The van der Waals surface area contributed by atoms with Crippen LogP contribution in [0.25, 0.3) is 0 Å². The molecule has 0 radical (unpaired) electrons. The number of carbonyl (C=O) groups is 1. The number of anilines is 1. The Morgan fingerprint density at radius 1 is 1.23 bits per heavy atom. The van der Waals surface area contributed by atoms with Gasteiger partial charge in [-0.15, -0.1) is 11.7 Å². The summed E-state index contributed by atoms with van der Waals surface area (Å²) in [5, 5.41) is 10.5. The van der Waals surface area contributed by atoms with Crippen LogP contribution < -0.4 is 10.0 Å². The van der Waals surface area contributed by atoms with Gasteiger partial charge in [-0.1, -0.05) is 23.4 Å². The molecule has 0 saturated heterocycles. The van der Waals surface area contributed by atoms with Crippen LogP contribution in [0.15, 0.2) is 43.1 Å². The molecule has 0 aliphatic heterocycles. The van der Waals surface area contributed by atoms with Crippen LogP contribution in [0.3, 0.4) is 0 Å². The highest BCUT2D eigenvalue weighted by molar-refractivity contribution is 7.88. The number of nitrogens with one attached hydrogen (secondary N) is 2. The molecular weight excluding hydrogens is 410 g/mol. The Morgan fingerprint density at radius 2 is 1.90 bits per heavy atom. The summed E-state index contributed by atoms with van der Waals surface area (Å²) in [4.78, 5) is 12.4. The van der Waals surface area contributed by atoms with Crippen molar-refractivity contribution >= 4 is 21.6 Å². The second-order valence-corrected chi connectivity index (χ2v) is 8.02. The number of hydrogen-bond acceptors (Lipinski definition) is 7. The number of ether oxygens (including phenoxy) is 2. The molecule has 11 heteroatoms. The van der Waals surface area contributed by atoms with Crippen molar-refractivity contribution in [1.29, 1.82) is 0 Å². The molecule has 2 rings (SSSR count). The number of benzene rings is 1. The van der Waals surface area contributed by atoms with Gasteiger partial charge in [0, 0.05) is 25.4 Å². The van der Waals surface area contributed by atoms with Gasteiger partial charge in [0.05, 0.1) is 18.5 Å². The number of aromatic nitrogens is 3. The molecule has 30 heavy (non-hydrogen) atoms. The van der Waals surface area contributed by atoms with Gasteiger partial charge < -0.3 is 14.8 Å². The van der Waals surface area contributed by atoms with E-state index in [9.17, 15) is 13.2 Å². The molecule has 164 valence electrons. The molecule has 1 aromatic carbocycles. The van der Waals surface area contributed by atoms with Gasteiger partial charge in [-0.2, -0.15) is 0 Å². The molecule has 0 atom stereocenters. The van der Waals surface area contributed by atoms with Crippen molar-refractivity contribution in [3.63, 3.8) is 0 Å². The van der Waals surface area contributed by atoms with Crippen molar-refractivity contribution in [2.45, 2.75) is 32.4 Å². The van der Waals surface area contributed by atoms with Crippen LogP contribution in [0.1, 0.15) is 29.9 Å². The molecule has 0 fully saturated rings. The maximum absolute atomic E-state index is 12.4. The van der Waals surface area contributed by atoms with E-state index in [4.69, 9.17) is 9.47 Å². The van der Waals surface area contributed by atoms with Crippen LogP contribution in [-0.4, -0.2) is 55.4 Å². The largest absolute Gasteiger partial charge is 0.351 e. The first-order chi connectivity index (χ1) is 14.4. The monoisotopic (exact) mass is 437 g/mol. The fraction of sp³-hybridized carbons (Fsp3) is 0.421. The van der Waals surface area contributed by atoms with Gasteiger partial charge in [-0.05, 0) is 31.5 Å². The van der Waals surface area contributed by atoms with Gasteiger partial charge in [0.15, 0.2) is 12.0 Å². The molecule has 1 heterocycles.